The maximum absolute atomic E-state index is 11.3. The van der Waals surface area contributed by atoms with E-state index in [1.165, 1.54) is 0 Å². The Morgan fingerprint density at radius 3 is 2.56 bits per heavy atom. The summed E-state index contributed by atoms with van der Waals surface area (Å²) >= 11 is 0. The van der Waals surface area contributed by atoms with Crippen LogP contribution in [0.25, 0.3) is 0 Å². The summed E-state index contributed by atoms with van der Waals surface area (Å²) in [6.07, 6.45) is 2.33. The summed E-state index contributed by atoms with van der Waals surface area (Å²) in [5.41, 5.74) is 4.38. The number of carbonyl (C=O) groups is 1. The molecule has 1 aliphatic rings. The summed E-state index contributed by atoms with van der Waals surface area (Å²) < 4.78 is 5.05. The fourth-order valence-electron chi connectivity index (χ4n) is 1.62. The number of carbonyl (C=O) groups excluding carboxylic acids is 1. The number of nitrogens with zero attached hydrogens (tertiary/aromatic N) is 1. The molecule has 0 heterocycles. The monoisotopic (exact) mass is 218 g/mol. The molecule has 1 aromatic rings. The van der Waals surface area contributed by atoms with E-state index >= 15 is 0 Å². The van der Waals surface area contributed by atoms with Crippen LogP contribution in [0.3, 0.4) is 0 Å². The topological polar surface area (TPSA) is 50.7 Å². The summed E-state index contributed by atoms with van der Waals surface area (Å²) in [5.74, 6) is 0.955. The molecule has 84 valence electrons. The molecule has 0 spiro atoms. The third-order valence-corrected chi connectivity index (χ3v) is 2.55. The van der Waals surface area contributed by atoms with E-state index in [2.05, 4.69) is 10.5 Å². The molecule has 16 heavy (non-hydrogen) atoms. The summed E-state index contributed by atoms with van der Waals surface area (Å²) in [5, 5.41) is 4.11. The number of ketones is 1. The van der Waals surface area contributed by atoms with Crippen LogP contribution in [0, 0.1) is 0 Å². The van der Waals surface area contributed by atoms with Crippen LogP contribution in [-0.2, 0) is 4.79 Å². The van der Waals surface area contributed by atoms with Crippen molar-refractivity contribution in [3.63, 3.8) is 0 Å². The second kappa shape index (κ2) is 4.79. The second-order valence-corrected chi connectivity index (χ2v) is 3.68. The first-order valence-corrected chi connectivity index (χ1v) is 5.29. The third kappa shape index (κ3) is 2.39. The van der Waals surface area contributed by atoms with E-state index in [1.54, 1.807) is 7.11 Å². The Bertz CT molecular complexity index is 410. The fourth-order valence-corrected chi connectivity index (χ4v) is 1.62. The molecule has 1 saturated carbocycles. The van der Waals surface area contributed by atoms with Crippen LogP contribution >= 0.6 is 0 Å². The predicted molar refractivity (Wildman–Crippen MR) is 62.9 cm³/mol. The number of methoxy groups -OCH3 is 1. The van der Waals surface area contributed by atoms with Crippen LogP contribution in [-0.4, -0.2) is 18.6 Å². The van der Waals surface area contributed by atoms with Crippen molar-refractivity contribution in [2.24, 2.45) is 5.10 Å². The van der Waals surface area contributed by atoms with Crippen LogP contribution in [0.5, 0.6) is 5.75 Å². The molecule has 0 saturated heterocycles. The number of Topliss-reactive ketones (excluding diaryl/α,β-unsaturated/α-hetero) is 1. The van der Waals surface area contributed by atoms with Gasteiger partial charge >= 0.3 is 0 Å². The van der Waals surface area contributed by atoms with Crippen molar-refractivity contribution >= 4 is 17.2 Å². The molecular weight excluding hydrogens is 204 g/mol. The molecular formula is C12H14N2O2. The van der Waals surface area contributed by atoms with Crippen molar-refractivity contribution in [3.05, 3.63) is 24.3 Å². The molecule has 1 fully saturated rings. The smallest absolute Gasteiger partial charge is 0.178 e. The number of nitrogens with one attached hydrogen (secondary N) is 1. The van der Waals surface area contributed by atoms with E-state index in [9.17, 15) is 4.79 Å². The molecule has 0 unspecified atom stereocenters. The summed E-state index contributed by atoms with van der Waals surface area (Å²) in [6.45, 7) is 0. The Kier molecular flexibility index (Phi) is 3.19. The second-order valence-electron chi connectivity index (χ2n) is 3.68. The minimum absolute atomic E-state index is 0.154. The van der Waals surface area contributed by atoms with Crippen molar-refractivity contribution in [2.45, 2.75) is 19.3 Å². The van der Waals surface area contributed by atoms with E-state index in [4.69, 9.17) is 4.74 Å². The quantitative estimate of drug-likeness (QED) is 0.791. The van der Waals surface area contributed by atoms with E-state index in [0.717, 1.165) is 24.3 Å². The van der Waals surface area contributed by atoms with Gasteiger partial charge in [-0.15, -0.1) is 0 Å². The van der Waals surface area contributed by atoms with Crippen LogP contribution in [0.15, 0.2) is 29.4 Å². The van der Waals surface area contributed by atoms with Gasteiger partial charge in [-0.2, -0.15) is 5.10 Å². The lowest BCUT2D eigenvalue weighted by Gasteiger charge is -2.03. The molecule has 0 amide bonds. The number of benzene rings is 1. The Hall–Kier alpha value is -1.84. The Balaban J connectivity index is 2.01. The van der Waals surface area contributed by atoms with E-state index in [1.807, 2.05) is 24.3 Å². The van der Waals surface area contributed by atoms with Crippen molar-refractivity contribution in [3.8, 4) is 5.75 Å². The standard InChI is InChI=1S/C12H14N2O2/c1-16-10-7-5-9(6-8-10)13-14-11-3-2-4-12(11)15/h5-8,13H,2-4H2,1H3/b14-11-. The highest BCUT2D eigenvalue weighted by Crippen LogP contribution is 2.16. The predicted octanol–water partition coefficient (Wildman–Crippen LogP) is 2.22. The lowest BCUT2D eigenvalue weighted by atomic mass is 10.3. The fraction of sp³-hybridized carbons (Fsp3) is 0.333. The van der Waals surface area contributed by atoms with Gasteiger partial charge in [0.25, 0.3) is 0 Å². The van der Waals surface area contributed by atoms with Crippen molar-refractivity contribution < 1.29 is 9.53 Å². The number of ether oxygens (including phenoxy) is 1. The van der Waals surface area contributed by atoms with Gasteiger partial charge in [-0.25, -0.2) is 0 Å². The van der Waals surface area contributed by atoms with Gasteiger partial charge < -0.3 is 4.74 Å². The van der Waals surface area contributed by atoms with E-state index in [-0.39, 0.29) is 5.78 Å². The Morgan fingerprint density at radius 2 is 2.00 bits per heavy atom. The Labute approximate surface area is 94.3 Å². The van der Waals surface area contributed by atoms with Gasteiger partial charge in [-0.1, -0.05) is 0 Å². The maximum Gasteiger partial charge on any atom is 0.178 e. The molecule has 1 aliphatic carbocycles. The van der Waals surface area contributed by atoms with Crippen LogP contribution in [0.4, 0.5) is 5.69 Å². The molecule has 0 aromatic heterocycles. The SMILES string of the molecule is COc1ccc(N/N=C2/CCCC2=O)cc1. The Morgan fingerprint density at radius 1 is 1.25 bits per heavy atom. The number of hydrogen-bond donors (Lipinski definition) is 1. The van der Waals surface area contributed by atoms with Gasteiger partial charge in [0.1, 0.15) is 11.5 Å². The first-order valence-electron chi connectivity index (χ1n) is 5.29. The zero-order valence-corrected chi connectivity index (χ0v) is 9.19. The number of hydrazone groups is 1. The van der Waals surface area contributed by atoms with Gasteiger partial charge in [0.15, 0.2) is 5.78 Å². The van der Waals surface area contributed by atoms with Gasteiger partial charge in [0.2, 0.25) is 0 Å². The highest BCUT2D eigenvalue weighted by molar-refractivity contribution is 6.41. The average Bonchev–Trinajstić information content (AvgIpc) is 2.73. The lowest BCUT2D eigenvalue weighted by Crippen LogP contribution is -2.07. The van der Waals surface area contributed by atoms with Crippen molar-refractivity contribution in [1.82, 2.24) is 0 Å². The summed E-state index contributed by atoms with van der Waals surface area (Å²) in [7, 11) is 1.62. The number of rotatable bonds is 3. The third-order valence-electron chi connectivity index (χ3n) is 2.55. The molecule has 1 N–H and O–H groups in total. The van der Waals surface area contributed by atoms with Crippen LogP contribution < -0.4 is 10.2 Å². The molecule has 0 atom stereocenters. The molecule has 4 nitrogen and oxygen atoms in total. The summed E-state index contributed by atoms with van der Waals surface area (Å²) in [4.78, 5) is 11.3. The zero-order valence-electron chi connectivity index (χ0n) is 9.19. The maximum atomic E-state index is 11.3. The van der Waals surface area contributed by atoms with Crippen LogP contribution in [0.1, 0.15) is 19.3 Å². The highest BCUT2D eigenvalue weighted by atomic mass is 16.5. The number of anilines is 1. The van der Waals surface area contributed by atoms with Crippen molar-refractivity contribution in [1.29, 1.82) is 0 Å². The lowest BCUT2D eigenvalue weighted by molar-refractivity contribution is -0.112. The molecule has 0 radical (unpaired) electrons. The van der Waals surface area contributed by atoms with Crippen molar-refractivity contribution in [2.75, 3.05) is 12.5 Å². The largest absolute Gasteiger partial charge is 0.497 e. The van der Waals surface area contributed by atoms with E-state index in [0.29, 0.717) is 12.1 Å². The zero-order chi connectivity index (χ0) is 11.4. The first-order chi connectivity index (χ1) is 7.79. The summed E-state index contributed by atoms with van der Waals surface area (Å²) in [6, 6.07) is 7.42. The highest BCUT2D eigenvalue weighted by Gasteiger charge is 2.18. The molecule has 2 rings (SSSR count). The number of hydrogen-bond acceptors (Lipinski definition) is 4. The van der Waals surface area contributed by atoms with Gasteiger partial charge in [-0.05, 0) is 37.1 Å². The molecule has 0 bridgehead atoms. The minimum Gasteiger partial charge on any atom is -0.497 e. The van der Waals surface area contributed by atoms with Gasteiger partial charge in [0.05, 0.1) is 12.8 Å². The average molecular weight is 218 g/mol. The minimum atomic E-state index is 0.154. The molecule has 0 aliphatic heterocycles. The van der Waals surface area contributed by atoms with E-state index < -0.39 is 0 Å². The normalized spacial score (nSPS) is 17.8. The van der Waals surface area contributed by atoms with Gasteiger partial charge in [-0.3, -0.25) is 10.2 Å². The first kappa shape index (κ1) is 10.7. The molecule has 4 heteroatoms. The molecule has 1 aromatic carbocycles. The van der Waals surface area contributed by atoms with Crippen LogP contribution in [0.2, 0.25) is 0 Å². The van der Waals surface area contributed by atoms with Gasteiger partial charge in [0, 0.05) is 6.42 Å².